The van der Waals surface area contributed by atoms with Crippen LogP contribution < -0.4 is 11.1 Å². The van der Waals surface area contributed by atoms with Crippen molar-refractivity contribution in [2.24, 2.45) is 11.7 Å². The zero-order chi connectivity index (χ0) is 13.5. The van der Waals surface area contributed by atoms with E-state index < -0.39 is 6.04 Å². The fourth-order valence-corrected chi connectivity index (χ4v) is 1.89. The Hall–Kier alpha value is -1.35. The Morgan fingerprint density at radius 2 is 1.89 bits per heavy atom. The maximum absolute atomic E-state index is 11.8. The van der Waals surface area contributed by atoms with Crippen molar-refractivity contribution in [1.82, 2.24) is 0 Å². The molecule has 0 fully saturated rings. The molecule has 3 nitrogen and oxygen atoms in total. The first-order chi connectivity index (χ1) is 8.52. The van der Waals surface area contributed by atoms with Crippen LogP contribution in [0.1, 0.15) is 39.2 Å². The number of aryl methyl sites for hydroxylation is 1. The number of hydrogen-bond acceptors (Lipinski definition) is 2. The first-order valence-corrected chi connectivity index (χ1v) is 6.68. The van der Waals surface area contributed by atoms with Crippen LogP contribution in [0.2, 0.25) is 0 Å². The van der Waals surface area contributed by atoms with Crippen LogP contribution in [-0.2, 0) is 11.2 Å². The molecule has 1 rings (SSSR count). The van der Waals surface area contributed by atoms with Crippen molar-refractivity contribution in [3.63, 3.8) is 0 Å². The van der Waals surface area contributed by atoms with Gasteiger partial charge < -0.3 is 11.1 Å². The van der Waals surface area contributed by atoms with Crippen LogP contribution in [0.15, 0.2) is 24.3 Å². The summed E-state index contributed by atoms with van der Waals surface area (Å²) >= 11 is 0. The molecule has 0 spiro atoms. The predicted molar refractivity (Wildman–Crippen MR) is 76.5 cm³/mol. The summed E-state index contributed by atoms with van der Waals surface area (Å²) in [6, 6.07) is 7.54. The highest BCUT2D eigenvalue weighted by Gasteiger charge is 2.14. The van der Waals surface area contributed by atoms with Crippen molar-refractivity contribution < 1.29 is 4.79 Å². The minimum atomic E-state index is -0.430. The average molecular weight is 248 g/mol. The summed E-state index contributed by atoms with van der Waals surface area (Å²) in [6.07, 6.45) is 2.91. The van der Waals surface area contributed by atoms with Gasteiger partial charge in [0, 0.05) is 5.69 Å². The molecule has 0 saturated heterocycles. The Morgan fingerprint density at radius 1 is 1.28 bits per heavy atom. The lowest BCUT2D eigenvalue weighted by atomic mass is 10.0. The normalized spacial score (nSPS) is 12.5. The third-order valence-electron chi connectivity index (χ3n) is 2.82. The monoisotopic (exact) mass is 248 g/mol. The van der Waals surface area contributed by atoms with Crippen molar-refractivity contribution >= 4 is 11.6 Å². The minimum Gasteiger partial charge on any atom is -0.325 e. The molecule has 0 saturated carbocycles. The molecular formula is C15H24N2O. The van der Waals surface area contributed by atoms with E-state index >= 15 is 0 Å². The molecule has 0 aliphatic rings. The van der Waals surface area contributed by atoms with E-state index in [4.69, 9.17) is 5.73 Å². The van der Waals surface area contributed by atoms with Gasteiger partial charge in [0.05, 0.1) is 6.04 Å². The van der Waals surface area contributed by atoms with E-state index in [0.717, 1.165) is 18.5 Å². The van der Waals surface area contributed by atoms with E-state index in [1.54, 1.807) is 0 Å². The second kappa shape index (κ2) is 7.17. The van der Waals surface area contributed by atoms with Gasteiger partial charge in [-0.05, 0) is 36.5 Å². The van der Waals surface area contributed by atoms with Gasteiger partial charge in [-0.1, -0.05) is 39.3 Å². The van der Waals surface area contributed by atoms with E-state index in [1.165, 1.54) is 5.56 Å². The van der Waals surface area contributed by atoms with Crippen LogP contribution in [0.25, 0.3) is 0 Å². The van der Waals surface area contributed by atoms with Crippen molar-refractivity contribution in [2.75, 3.05) is 5.32 Å². The van der Waals surface area contributed by atoms with Crippen molar-refractivity contribution in [3.8, 4) is 0 Å². The third kappa shape index (κ3) is 4.88. The lowest BCUT2D eigenvalue weighted by Gasteiger charge is -2.14. The summed E-state index contributed by atoms with van der Waals surface area (Å²) in [6.45, 7) is 6.28. The molecule has 1 aromatic rings. The maximum atomic E-state index is 11.8. The fraction of sp³-hybridized carbons (Fsp3) is 0.533. The molecule has 0 heterocycles. The zero-order valence-corrected chi connectivity index (χ0v) is 11.6. The Labute approximate surface area is 110 Å². The largest absolute Gasteiger partial charge is 0.325 e. The molecule has 0 aliphatic heterocycles. The molecule has 0 radical (unpaired) electrons. The topological polar surface area (TPSA) is 55.1 Å². The summed E-state index contributed by atoms with van der Waals surface area (Å²) < 4.78 is 0. The van der Waals surface area contributed by atoms with Crippen LogP contribution in [0.5, 0.6) is 0 Å². The quantitative estimate of drug-likeness (QED) is 0.813. The summed E-state index contributed by atoms with van der Waals surface area (Å²) in [5.74, 6) is 0.324. The lowest BCUT2D eigenvalue weighted by Crippen LogP contribution is -2.36. The number of amides is 1. The van der Waals surface area contributed by atoms with Gasteiger partial charge in [0.2, 0.25) is 5.91 Å². The number of anilines is 1. The highest BCUT2D eigenvalue weighted by atomic mass is 16.2. The van der Waals surface area contributed by atoms with Gasteiger partial charge in [0.15, 0.2) is 0 Å². The molecule has 0 aromatic heterocycles. The number of hydrogen-bond donors (Lipinski definition) is 2. The lowest BCUT2D eigenvalue weighted by molar-refractivity contribution is -0.117. The second-order valence-corrected chi connectivity index (χ2v) is 5.17. The molecule has 0 bridgehead atoms. The van der Waals surface area contributed by atoms with Gasteiger partial charge in [-0.25, -0.2) is 0 Å². The highest BCUT2D eigenvalue weighted by Crippen LogP contribution is 2.12. The van der Waals surface area contributed by atoms with Gasteiger partial charge >= 0.3 is 0 Å². The molecule has 100 valence electrons. The highest BCUT2D eigenvalue weighted by molar-refractivity contribution is 5.94. The van der Waals surface area contributed by atoms with Gasteiger partial charge in [-0.15, -0.1) is 0 Å². The Bertz CT molecular complexity index is 371. The van der Waals surface area contributed by atoms with Crippen LogP contribution >= 0.6 is 0 Å². The minimum absolute atomic E-state index is 0.105. The molecule has 0 aliphatic carbocycles. The molecule has 3 N–H and O–H groups in total. The number of nitrogens with two attached hydrogens (primary N) is 1. The Kier molecular flexibility index (Phi) is 5.86. The first-order valence-electron chi connectivity index (χ1n) is 6.68. The van der Waals surface area contributed by atoms with Gasteiger partial charge in [0.25, 0.3) is 0 Å². The second-order valence-electron chi connectivity index (χ2n) is 5.17. The molecule has 1 atom stereocenters. The van der Waals surface area contributed by atoms with Gasteiger partial charge in [0.1, 0.15) is 0 Å². The molecule has 3 heteroatoms. The maximum Gasteiger partial charge on any atom is 0.241 e. The standard InChI is InChI=1S/C15H24N2O/c1-4-5-12-6-8-13(9-7-12)17-15(18)14(16)10-11(2)3/h6-9,11,14H,4-5,10,16H2,1-3H3,(H,17,18). The summed E-state index contributed by atoms with van der Waals surface area (Å²) in [5, 5.41) is 2.85. The van der Waals surface area contributed by atoms with E-state index in [2.05, 4.69) is 26.1 Å². The van der Waals surface area contributed by atoms with Crippen LogP contribution in [0, 0.1) is 5.92 Å². The molecular weight excluding hydrogens is 224 g/mol. The van der Waals surface area contributed by atoms with Gasteiger partial charge in [-0.2, -0.15) is 0 Å². The average Bonchev–Trinajstić information content (AvgIpc) is 2.31. The van der Waals surface area contributed by atoms with E-state index in [1.807, 2.05) is 24.3 Å². The van der Waals surface area contributed by atoms with Gasteiger partial charge in [-0.3, -0.25) is 4.79 Å². The van der Waals surface area contributed by atoms with Crippen molar-refractivity contribution in [1.29, 1.82) is 0 Å². The Balaban J connectivity index is 2.53. The van der Waals surface area contributed by atoms with E-state index in [-0.39, 0.29) is 5.91 Å². The number of rotatable bonds is 6. The van der Waals surface area contributed by atoms with Crippen molar-refractivity contribution in [3.05, 3.63) is 29.8 Å². The smallest absolute Gasteiger partial charge is 0.241 e. The molecule has 1 unspecified atom stereocenters. The number of carbonyl (C=O) groups is 1. The first kappa shape index (κ1) is 14.7. The molecule has 18 heavy (non-hydrogen) atoms. The van der Waals surface area contributed by atoms with Crippen molar-refractivity contribution in [2.45, 2.75) is 46.1 Å². The summed E-state index contributed by atoms with van der Waals surface area (Å²) in [4.78, 5) is 11.8. The zero-order valence-electron chi connectivity index (χ0n) is 11.6. The van der Waals surface area contributed by atoms with E-state index in [0.29, 0.717) is 12.3 Å². The van der Waals surface area contributed by atoms with Crippen LogP contribution in [0.4, 0.5) is 5.69 Å². The van der Waals surface area contributed by atoms with Crippen LogP contribution in [-0.4, -0.2) is 11.9 Å². The summed E-state index contributed by atoms with van der Waals surface area (Å²) in [5.41, 5.74) is 7.94. The SMILES string of the molecule is CCCc1ccc(NC(=O)C(N)CC(C)C)cc1. The Morgan fingerprint density at radius 3 is 2.39 bits per heavy atom. The number of nitrogens with one attached hydrogen (secondary N) is 1. The number of carbonyl (C=O) groups excluding carboxylic acids is 1. The molecule has 1 aromatic carbocycles. The molecule has 1 amide bonds. The van der Waals surface area contributed by atoms with E-state index in [9.17, 15) is 4.79 Å². The number of benzene rings is 1. The fourth-order valence-electron chi connectivity index (χ4n) is 1.89. The predicted octanol–water partition coefficient (Wildman–Crippen LogP) is 2.95. The van der Waals surface area contributed by atoms with Crippen LogP contribution in [0.3, 0.4) is 0 Å². The summed E-state index contributed by atoms with van der Waals surface area (Å²) in [7, 11) is 0. The third-order valence-corrected chi connectivity index (χ3v) is 2.82.